The maximum Gasteiger partial charge on any atom is 0.336 e. The molecule has 0 saturated carbocycles. The Morgan fingerprint density at radius 3 is 1.04 bits per heavy atom. The lowest BCUT2D eigenvalue weighted by Crippen LogP contribution is -2.51. The van der Waals surface area contributed by atoms with Crippen molar-refractivity contribution in [3.8, 4) is 0 Å². The standard InChI is InChI=1S/C34H58N2O12Si4/c1-35(23-25(7-3-19-49)8-4-20-50)31(37)27-29(33(39)40)47-17-13-44-12-16-46-28(30(34(41)42)48-18-14-43-11-15-45-27)32(38)36(2)24-26(9-5-21-51)10-6-22-52/h25-30H,3-24H2,1-2H3,(H,39,40)(H,41,42). The van der Waals surface area contributed by atoms with E-state index in [1.807, 2.05) is 0 Å². The van der Waals surface area contributed by atoms with Crippen molar-refractivity contribution in [3.05, 3.63) is 0 Å². The van der Waals surface area contributed by atoms with Crippen LogP contribution in [0.25, 0.3) is 0 Å². The molecule has 0 aromatic rings. The van der Waals surface area contributed by atoms with Crippen molar-refractivity contribution in [3.63, 3.8) is 0 Å². The molecule has 14 nitrogen and oxygen atoms in total. The molecule has 52 heavy (non-hydrogen) atoms. The summed E-state index contributed by atoms with van der Waals surface area (Å²) in [6.45, 7) is -0.0144. The van der Waals surface area contributed by atoms with Gasteiger partial charge < -0.3 is 48.4 Å². The fraction of sp³-hybridized carbons (Fsp3) is 0.882. The van der Waals surface area contributed by atoms with E-state index < -0.39 is 48.2 Å². The quantitative estimate of drug-likeness (QED) is 0.170. The van der Waals surface area contributed by atoms with Gasteiger partial charge in [-0.2, -0.15) is 0 Å². The zero-order chi connectivity index (χ0) is 38.7. The summed E-state index contributed by atoms with van der Waals surface area (Å²) in [5, 5.41) is 20.1. The molecule has 2 N–H and O–H groups in total. The number of rotatable bonds is 20. The fourth-order valence-electron chi connectivity index (χ4n) is 5.90. The van der Waals surface area contributed by atoms with Crippen molar-refractivity contribution in [2.24, 2.45) is 11.8 Å². The van der Waals surface area contributed by atoms with E-state index in [0.717, 1.165) is 75.5 Å². The first-order chi connectivity index (χ1) is 25.0. The van der Waals surface area contributed by atoms with Gasteiger partial charge in [0.25, 0.3) is 11.8 Å². The highest BCUT2D eigenvalue weighted by Crippen LogP contribution is 2.20. The second kappa shape index (κ2) is 29.8. The molecule has 1 fully saturated rings. The molecule has 0 aromatic carbocycles. The number of carboxylic acid groups (broad SMARTS) is 2. The number of hydrogen-bond acceptors (Lipinski definition) is 10. The first-order valence-corrected chi connectivity index (χ1v) is 21.0. The molecule has 12 radical (unpaired) electrons. The summed E-state index contributed by atoms with van der Waals surface area (Å²) < 4.78 is 34.1. The molecule has 1 aliphatic rings. The molecule has 1 rings (SSSR count). The topological polar surface area (TPSA) is 171 Å². The molecule has 0 spiro atoms. The third-order valence-corrected chi connectivity index (χ3v) is 10.0. The average molecular weight is 799 g/mol. The minimum absolute atomic E-state index is 0.0473. The van der Waals surface area contributed by atoms with E-state index in [-0.39, 0.29) is 64.7 Å². The Balaban J connectivity index is 3.06. The summed E-state index contributed by atoms with van der Waals surface area (Å²) in [5.74, 6) is -3.33. The van der Waals surface area contributed by atoms with Gasteiger partial charge >= 0.3 is 11.9 Å². The predicted octanol–water partition coefficient (Wildman–Crippen LogP) is 1.36. The molecular formula is C34H58N2O12Si4. The molecule has 1 heterocycles. The van der Waals surface area contributed by atoms with Crippen LogP contribution in [0, 0.1) is 11.8 Å². The summed E-state index contributed by atoms with van der Waals surface area (Å²) in [6, 6.07) is 3.35. The van der Waals surface area contributed by atoms with Gasteiger partial charge in [0.1, 0.15) is 0 Å². The first-order valence-electron chi connectivity index (χ1n) is 18.2. The number of carbonyl (C=O) groups is 4. The highest BCUT2D eigenvalue weighted by molar-refractivity contribution is 6.09. The summed E-state index contributed by atoms with van der Waals surface area (Å²) in [5.41, 5.74) is 0. The molecule has 1 saturated heterocycles. The van der Waals surface area contributed by atoms with Crippen LogP contribution in [0.15, 0.2) is 0 Å². The van der Waals surface area contributed by atoms with Gasteiger partial charge in [-0.1, -0.05) is 49.9 Å². The average Bonchev–Trinajstić information content (AvgIpc) is 3.12. The highest BCUT2D eigenvalue weighted by Gasteiger charge is 2.39. The van der Waals surface area contributed by atoms with Gasteiger partial charge in [-0.05, 0) is 37.5 Å². The monoisotopic (exact) mass is 798 g/mol. The van der Waals surface area contributed by atoms with E-state index in [0.29, 0.717) is 13.1 Å². The molecule has 0 bridgehead atoms. The number of carbonyl (C=O) groups excluding carboxylic acids is 2. The van der Waals surface area contributed by atoms with Crippen LogP contribution < -0.4 is 0 Å². The maximum absolute atomic E-state index is 13.6. The summed E-state index contributed by atoms with van der Waals surface area (Å²) >= 11 is 0. The van der Waals surface area contributed by atoms with Crippen LogP contribution in [0.5, 0.6) is 0 Å². The zero-order valence-electron chi connectivity index (χ0n) is 30.9. The molecule has 4 atom stereocenters. The van der Waals surface area contributed by atoms with E-state index in [2.05, 4.69) is 41.0 Å². The van der Waals surface area contributed by atoms with Gasteiger partial charge in [0.15, 0.2) is 24.4 Å². The Labute approximate surface area is 323 Å². The smallest absolute Gasteiger partial charge is 0.336 e. The van der Waals surface area contributed by atoms with E-state index in [4.69, 9.17) is 28.4 Å². The van der Waals surface area contributed by atoms with Crippen molar-refractivity contribution in [2.75, 3.05) is 80.0 Å². The van der Waals surface area contributed by atoms with Crippen molar-refractivity contribution in [1.29, 1.82) is 0 Å². The van der Waals surface area contributed by atoms with Crippen LogP contribution in [-0.2, 0) is 47.6 Å². The van der Waals surface area contributed by atoms with Crippen molar-refractivity contribution < 1.29 is 57.8 Å². The van der Waals surface area contributed by atoms with Gasteiger partial charge in [-0.15, -0.1) is 0 Å². The molecule has 0 aromatic heterocycles. The van der Waals surface area contributed by atoms with Gasteiger partial charge in [-0.25, -0.2) is 9.59 Å². The highest BCUT2D eigenvalue weighted by atomic mass is 28.2. The number of likely N-dealkylation sites (N-methyl/N-ethyl adjacent to an activating group) is 2. The van der Waals surface area contributed by atoms with E-state index >= 15 is 0 Å². The lowest BCUT2D eigenvalue weighted by molar-refractivity contribution is -0.179. The second-order valence-electron chi connectivity index (χ2n) is 12.8. The van der Waals surface area contributed by atoms with Crippen LogP contribution in [0.3, 0.4) is 0 Å². The minimum Gasteiger partial charge on any atom is -0.479 e. The van der Waals surface area contributed by atoms with Crippen LogP contribution >= 0.6 is 0 Å². The number of nitrogens with zero attached hydrogens (tertiary/aromatic N) is 2. The van der Waals surface area contributed by atoms with Gasteiger partial charge in [-0.3, -0.25) is 9.59 Å². The van der Waals surface area contributed by atoms with Crippen molar-refractivity contribution in [2.45, 2.75) is 100.0 Å². The van der Waals surface area contributed by atoms with E-state index in [1.165, 1.54) is 9.80 Å². The van der Waals surface area contributed by atoms with Gasteiger partial charge in [0.05, 0.1) is 52.9 Å². The Kier molecular flexibility index (Phi) is 27.8. The molecule has 2 amide bonds. The van der Waals surface area contributed by atoms with Crippen LogP contribution in [-0.4, -0.2) is 189 Å². The molecule has 292 valence electrons. The van der Waals surface area contributed by atoms with E-state index in [1.54, 1.807) is 14.1 Å². The van der Waals surface area contributed by atoms with Crippen molar-refractivity contribution in [1.82, 2.24) is 9.80 Å². The van der Waals surface area contributed by atoms with Crippen LogP contribution in [0.4, 0.5) is 0 Å². The number of ether oxygens (including phenoxy) is 6. The van der Waals surface area contributed by atoms with Crippen molar-refractivity contribution >= 4 is 64.7 Å². The summed E-state index contributed by atoms with van der Waals surface area (Å²) in [4.78, 5) is 55.0. The van der Waals surface area contributed by atoms with Gasteiger partial charge in [0.2, 0.25) is 0 Å². The third-order valence-electron chi connectivity index (χ3n) is 8.60. The maximum atomic E-state index is 13.6. The normalized spacial score (nSPS) is 21.7. The summed E-state index contributed by atoms with van der Waals surface area (Å²) in [6.07, 6.45) is 1.25. The lowest BCUT2D eigenvalue weighted by Gasteiger charge is -2.31. The molecule has 0 aliphatic carbocycles. The van der Waals surface area contributed by atoms with E-state index in [9.17, 15) is 29.4 Å². The Hall–Kier alpha value is -1.49. The Bertz CT molecular complexity index is 912. The fourth-order valence-corrected chi connectivity index (χ4v) is 6.72. The Morgan fingerprint density at radius 1 is 0.519 bits per heavy atom. The lowest BCUT2D eigenvalue weighted by atomic mass is 9.97. The largest absolute Gasteiger partial charge is 0.479 e. The van der Waals surface area contributed by atoms with Crippen LogP contribution in [0.1, 0.15) is 51.4 Å². The minimum atomic E-state index is -1.61. The predicted molar refractivity (Wildman–Crippen MR) is 197 cm³/mol. The molecular weight excluding hydrogens is 741 g/mol. The molecule has 4 unspecified atom stereocenters. The first kappa shape index (κ1) is 48.5. The zero-order valence-corrected chi connectivity index (χ0v) is 34.9. The molecule has 18 heteroatoms. The number of carboxylic acids is 2. The SMILES string of the molecule is CN(CC(CCC[Si])CCC[Si])C(=O)C1OCCOCCOC(C(=O)O)C(C(=O)N(C)CC(CCC[Si])CCC[Si])OCCOCCOC1C(=O)O. The van der Waals surface area contributed by atoms with Crippen LogP contribution in [0.2, 0.25) is 24.2 Å². The number of hydrogen-bond donors (Lipinski definition) is 2. The summed E-state index contributed by atoms with van der Waals surface area (Å²) in [7, 11) is 17.3. The Morgan fingerprint density at radius 2 is 0.788 bits per heavy atom. The number of amides is 2. The second-order valence-corrected chi connectivity index (χ2v) is 14.8. The molecule has 1 aliphatic heterocycles. The number of aliphatic carboxylic acids is 2. The third kappa shape index (κ3) is 19.7. The van der Waals surface area contributed by atoms with Gasteiger partial charge in [0, 0.05) is 68.2 Å².